The van der Waals surface area contributed by atoms with Gasteiger partial charge in [-0.15, -0.1) is 0 Å². The molecule has 1 saturated heterocycles. The maximum absolute atomic E-state index is 12.1. The van der Waals surface area contributed by atoms with E-state index in [1.807, 2.05) is 0 Å². The van der Waals surface area contributed by atoms with Gasteiger partial charge in [-0.3, -0.25) is 9.69 Å². The van der Waals surface area contributed by atoms with Crippen LogP contribution in [0.5, 0.6) is 0 Å². The highest BCUT2D eigenvalue weighted by Crippen LogP contribution is 2.34. The fourth-order valence-corrected chi connectivity index (χ4v) is 4.42. The van der Waals surface area contributed by atoms with Crippen molar-refractivity contribution in [3.63, 3.8) is 0 Å². The first-order chi connectivity index (χ1) is 10.1. The predicted octanol–water partition coefficient (Wildman–Crippen LogP) is 3.95. The SMILES string of the molecule is Cc1cc(C)c(CN2CCCC2C2CCCC2=O)c(C)c1. The van der Waals surface area contributed by atoms with Crippen molar-refractivity contribution in [3.8, 4) is 0 Å². The molecule has 3 rings (SSSR count). The van der Waals surface area contributed by atoms with Crippen molar-refractivity contribution in [1.82, 2.24) is 4.90 Å². The minimum Gasteiger partial charge on any atom is -0.299 e. The Morgan fingerprint density at radius 2 is 1.81 bits per heavy atom. The zero-order chi connectivity index (χ0) is 15.0. The quantitative estimate of drug-likeness (QED) is 0.838. The molecule has 0 amide bonds. The molecule has 1 aromatic carbocycles. The molecule has 0 radical (unpaired) electrons. The summed E-state index contributed by atoms with van der Waals surface area (Å²) in [5.41, 5.74) is 5.61. The number of aryl methyl sites for hydroxylation is 3. The first-order valence-electron chi connectivity index (χ1n) is 8.40. The number of hydrogen-bond donors (Lipinski definition) is 0. The third-order valence-corrected chi connectivity index (χ3v) is 5.43. The molecule has 1 saturated carbocycles. The van der Waals surface area contributed by atoms with Crippen LogP contribution in [0.1, 0.15) is 54.4 Å². The van der Waals surface area contributed by atoms with E-state index in [0.29, 0.717) is 17.7 Å². The second kappa shape index (κ2) is 5.92. The molecule has 0 N–H and O–H groups in total. The third kappa shape index (κ3) is 2.91. The summed E-state index contributed by atoms with van der Waals surface area (Å²) in [4.78, 5) is 14.7. The van der Waals surface area contributed by atoms with E-state index in [2.05, 4.69) is 37.8 Å². The number of nitrogens with zero attached hydrogens (tertiary/aromatic N) is 1. The Kier molecular flexibility index (Phi) is 4.17. The highest BCUT2D eigenvalue weighted by molar-refractivity contribution is 5.83. The van der Waals surface area contributed by atoms with Gasteiger partial charge in [-0.25, -0.2) is 0 Å². The molecule has 114 valence electrons. The second-order valence-corrected chi connectivity index (χ2v) is 7.02. The first-order valence-corrected chi connectivity index (χ1v) is 8.40. The summed E-state index contributed by atoms with van der Waals surface area (Å²) in [5, 5.41) is 0. The van der Waals surface area contributed by atoms with Crippen LogP contribution in [0.3, 0.4) is 0 Å². The molecular weight excluding hydrogens is 258 g/mol. The van der Waals surface area contributed by atoms with Crippen LogP contribution in [0, 0.1) is 26.7 Å². The van der Waals surface area contributed by atoms with Gasteiger partial charge in [-0.05, 0) is 69.7 Å². The van der Waals surface area contributed by atoms with E-state index in [4.69, 9.17) is 0 Å². The molecule has 0 aromatic heterocycles. The number of carbonyl (C=O) groups excluding carboxylic acids is 1. The summed E-state index contributed by atoms with van der Waals surface area (Å²) >= 11 is 0. The molecular formula is C19H27NO. The summed E-state index contributed by atoms with van der Waals surface area (Å²) in [5.74, 6) is 0.836. The molecule has 0 spiro atoms. The van der Waals surface area contributed by atoms with E-state index < -0.39 is 0 Å². The molecule has 2 unspecified atom stereocenters. The van der Waals surface area contributed by atoms with Crippen molar-refractivity contribution < 1.29 is 4.79 Å². The largest absolute Gasteiger partial charge is 0.299 e. The summed E-state index contributed by atoms with van der Waals surface area (Å²) in [7, 11) is 0. The van der Waals surface area contributed by atoms with E-state index in [-0.39, 0.29) is 0 Å². The van der Waals surface area contributed by atoms with Crippen LogP contribution in [0.15, 0.2) is 12.1 Å². The molecule has 0 bridgehead atoms. The fourth-order valence-electron chi connectivity index (χ4n) is 4.42. The van der Waals surface area contributed by atoms with E-state index in [0.717, 1.165) is 32.4 Å². The molecule has 21 heavy (non-hydrogen) atoms. The summed E-state index contributed by atoms with van der Waals surface area (Å²) in [6.45, 7) is 8.79. The van der Waals surface area contributed by atoms with Gasteiger partial charge in [0.05, 0.1) is 0 Å². The maximum atomic E-state index is 12.1. The van der Waals surface area contributed by atoms with Gasteiger partial charge in [0, 0.05) is 24.9 Å². The van der Waals surface area contributed by atoms with Gasteiger partial charge >= 0.3 is 0 Å². The molecule has 1 aliphatic carbocycles. The lowest BCUT2D eigenvalue weighted by atomic mass is 9.94. The molecule has 1 aliphatic heterocycles. The summed E-state index contributed by atoms with van der Waals surface area (Å²) in [6.07, 6.45) is 5.50. The minimum atomic E-state index is 0.318. The summed E-state index contributed by atoms with van der Waals surface area (Å²) in [6, 6.07) is 5.07. The Bertz CT molecular complexity index is 525. The lowest BCUT2D eigenvalue weighted by molar-refractivity contribution is -0.122. The van der Waals surface area contributed by atoms with Gasteiger partial charge in [0.2, 0.25) is 0 Å². The van der Waals surface area contributed by atoms with E-state index in [1.54, 1.807) is 0 Å². The molecule has 2 nitrogen and oxygen atoms in total. The highest BCUT2D eigenvalue weighted by Gasteiger charge is 2.38. The van der Waals surface area contributed by atoms with Crippen molar-refractivity contribution in [2.45, 2.75) is 65.5 Å². The predicted molar refractivity (Wildman–Crippen MR) is 86.4 cm³/mol. The average molecular weight is 285 g/mol. The normalized spacial score (nSPS) is 26.7. The Hall–Kier alpha value is -1.15. The van der Waals surface area contributed by atoms with Crippen LogP contribution >= 0.6 is 0 Å². The fraction of sp³-hybridized carbons (Fsp3) is 0.632. The summed E-state index contributed by atoms with van der Waals surface area (Å²) < 4.78 is 0. The number of carbonyl (C=O) groups is 1. The minimum absolute atomic E-state index is 0.318. The van der Waals surface area contributed by atoms with Crippen LogP contribution in [-0.2, 0) is 11.3 Å². The number of ketones is 1. The third-order valence-electron chi connectivity index (χ3n) is 5.43. The Balaban J connectivity index is 1.79. The van der Waals surface area contributed by atoms with Crippen molar-refractivity contribution >= 4 is 5.78 Å². The number of benzene rings is 1. The van der Waals surface area contributed by atoms with Gasteiger partial charge in [0.1, 0.15) is 5.78 Å². The highest BCUT2D eigenvalue weighted by atomic mass is 16.1. The Morgan fingerprint density at radius 3 is 2.43 bits per heavy atom. The van der Waals surface area contributed by atoms with Crippen LogP contribution in [-0.4, -0.2) is 23.3 Å². The molecule has 1 heterocycles. The van der Waals surface area contributed by atoms with Crippen LogP contribution in [0.25, 0.3) is 0 Å². The number of likely N-dealkylation sites (tertiary alicyclic amines) is 1. The van der Waals surface area contributed by atoms with Gasteiger partial charge in [0.15, 0.2) is 0 Å². The topological polar surface area (TPSA) is 20.3 Å². The first kappa shape index (κ1) is 14.8. The smallest absolute Gasteiger partial charge is 0.137 e. The van der Waals surface area contributed by atoms with Crippen molar-refractivity contribution in [1.29, 1.82) is 0 Å². The monoisotopic (exact) mass is 285 g/mol. The van der Waals surface area contributed by atoms with E-state index in [1.165, 1.54) is 35.1 Å². The molecule has 2 heteroatoms. The van der Waals surface area contributed by atoms with Gasteiger partial charge in [0.25, 0.3) is 0 Å². The molecule has 2 atom stereocenters. The van der Waals surface area contributed by atoms with E-state index >= 15 is 0 Å². The molecule has 2 aliphatic rings. The van der Waals surface area contributed by atoms with Crippen molar-refractivity contribution in [3.05, 3.63) is 34.4 Å². The van der Waals surface area contributed by atoms with Crippen LogP contribution in [0.2, 0.25) is 0 Å². The van der Waals surface area contributed by atoms with Gasteiger partial charge in [-0.1, -0.05) is 17.7 Å². The van der Waals surface area contributed by atoms with Gasteiger partial charge < -0.3 is 0 Å². The number of Topliss-reactive ketones (excluding diaryl/α,β-unsaturated/α-hetero) is 1. The number of hydrogen-bond acceptors (Lipinski definition) is 2. The lowest BCUT2D eigenvalue weighted by Crippen LogP contribution is -2.37. The Morgan fingerprint density at radius 1 is 1.10 bits per heavy atom. The second-order valence-electron chi connectivity index (χ2n) is 7.02. The molecule has 2 fully saturated rings. The standard InChI is InChI=1S/C19H27NO/c1-13-10-14(2)17(15(3)11-13)12-20-9-5-7-18(20)16-6-4-8-19(16)21/h10-11,16,18H,4-9,12H2,1-3H3. The lowest BCUT2D eigenvalue weighted by Gasteiger charge is -2.29. The zero-order valence-electron chi connectivity index (χ0n) is 13.6. The zero-order valence-corrected chi connectivity index (χ0v) is 13.6. The van der Waals surface area contributed by atoms with Crippen molar-refractivity contribution in [2.24, 2.45) is 5.92 Å². The van der Waals surface area contributed by atoms with E-state index in [9.17, 15) is 4.79 Å². The molecule has 1 aromatic rings. The van der Waals surface area contributed by atoms with Gasteiger partial charge in [-0.2, -0.15) is 0 Å². The number of rotatable bonds is 3. The Labute approximate surface area is 128 Å². The average Bonchev–Trinajstić information content (AvgIpc) is 3.02. The maximum Gasteiger partial charge on any atom is 0.137 e. The van der Waals surface area contributed by atoms with Crippen LogP contribution < -0.4 is 0 Å². The van der Waals surface area contributed by atoms with Crippen molar-refractivity contribution in [2.75, 3.05) is 6.54 Å². The van der Waals surface area contributed by atoms with Crippen LogP contribution in [0.4, 0.5) is 0 Å².